The van der Waals surface area contributed by atoms with Gasteiger partial charge in [-0.2, -0.15) is 0 Å². The lowest BCUT2D eigenvalue weighted by atomic mass is 9.98. The Morgan fingerprint density at radius 1 is 1.31 bits per heavy atom. The van der Waals surface area contributed by atoms with Crippen LogP contribution in [-0.4, -0.2) is 63.0 Å². The molecule has 1 amide bonds. The van der Waals surface area contributed by atoms with E-state index < -0.39 is 10.0 Å². The number of carbonyl (C=O) groups is 1. The predicted octanol–water partition coefficient (Wildman–Crippen LogP) is 1.86. The molecule has 1 aliphatic rings. The molecule has 2 unspecified atom stereocenters. The Kier molecular flexibility index (Phi) is 7.61. The van der Waals surface area contributed by atoms with Gasteiger partial charge in [-0.05, 0) is 38.9 Å². The smallest absolute Gasteiger partial charge is 0.224 e. The lowest BCUT2D eigenvalue weighted by Crippen LogP contribution is -2.47. The summed E-state index contributed by atoms with van der Waals surface area (Å²) in [5, 5.41) is 3.03. The van der Waals surface area contributed by atoms with E-state index in [-0.39, 0.29) is 23.6 Å². The lowest BCUT2D eigenvalue weighted by Gasteiger charge is -2.32. The first-order valence-corrected chi connectivity index (χ1v) is 10.9. The Labute approximate surface area is 157 Å². The van der Waals surface area contributed by atoms with Crippen molar-refractivity contribution in [3.05, 3.63) is 35.9 Å². The summed E-state index contributed by atoms with van der Waals surface area (Å²) in [6.07, 6.45) is 2.07. The summed E-state index contributed by atoms with van der Waals surface area (Å²) >= 11 is 0. The van der Waals surface area contributed by atoms with Crippen LogP contribution in [0.4, 0.5) is 0 Å². The molecular formula is C19H31N3O3S. The highest BCUT2D eigenvalue weighted by atomic mass is 32.2. The van der Waals surface area contributed by atoms with Gasteiger partial charge in [-0.3, -0.25) is 4.79 Å². The molecule has 0 aromatic heterocycles. The van der Waals surface area contributed by atoms with Crippen molar-refractivity contribution in [1.82, 2.24) is 14.5 Å². The maximum Gasteiger partial charge on any atom is 0.224 e. The number of amides is 1. The number of piperidine rings is 1. The summed E-state index contributed by atoms with van der Waals surface area (Å²) in [4.78, 5) is 14.7. The van der Waals surface area contributed by atoms with E-state index in [9.17, 15) is 13.2 Å². The molecule has 1 aliphatic heterocycles. The highest BCUT2D eigenvalue weighted by Crippen LogP contribution is 2.21. The van der Waals surface area contributed by atoms with E-state index in [4.69, 9.17) is 0 Å². The molecule has 0 saturated carbocycles. The fraction of sp³-hybridized carbons (Fsp3) is 0.632. The van der Waals surface area contributed by atoms with Crippen molar-refractivity contribution in [1.29, 1.82) is 0 Å². The van der Waals surface area contributed by atoms with E-state index >= 15 is 0 Å². The Balaban J connectivity index is 1.96. The van der Waals surface area contributed by atoms with Crippen molar-refractivity contribution in [2.45, 2.75) is 32.2 Å². The molecule has 1 heterocycles. The zero-order chi connectivity index (χ0) is 19.2. The van der Waals surface area contributed by atoms with Crippen LogP contribution in [0.5, 0.6) is 0 Å². The molecule has 26 heavy (non-hydrogen) atoms. The third kappa shape index (κ3) is 5.53. The van der Waals surface area contributed by atoms with E-state index in [1.807, 2.05) is 39.2 Å². The van der Waals surface area contributed by atoms with Gasteiger partial charge in [0, 0.05) is 19.6 Å². The maximum absolute atomic E-state index is 12.6. The molecule has 0 aliphatic carbocycles. The average molecular weight is 382 g/mol. The summed E-state index contributed by atoms with van der Waals surface area (Å²) in [7, 11) is 0.737. The van der Waals surface area contributed by atoms with Crippen LogP contribution in [0.3, 0.4) is 0 Å². The number of benzene rings is 1. The van der Waals surface area contributed by atoms with E-state index in [0.717, 1.165) is 18.4 Å². The van der Waals surface area contributed by atoms with Crippen molar-refractivity contribution in [2.24, 2.45) is 5.92 Å². The monoisotopic (exact) mass is 381 g/mol. The Hall–Kier alpha value is -1.44. The zero-order valence-electron chi connectivity index (χ0n) is 16.0. The van der Waals surface area contributed by atoms with Crippen molar-refractivity contribution in [3.8, 4) is 0 Å². The fourth-order valence-corrected chi connectivity index (χ4v) is 5.00. The normalized spacial score (nSPS) is 20.1. The van der Waals surface area contributed by atoms with Crippen molar-refractivity contribution in [3.63, 3.8) is 0 Å². The summed E-state index contributed by atoms with van der Waals surface area (Å²) in [5.74, 6) is -0.170. The number of sulfonamides is 1. The summed E-state index contributed by atoms with van der Waals surface area (Å²) in [6, 6.07) is 10.1. The average Bonchev–Trinajstić information content (AvgIpc) is 2.62. The minimum absolute atomic E-state index is 0.0517. The molecule has 2 atom stereocenters. The quantitative estimate of drug-likeness (QED) is 0.746. The predicted molar refractivity (Wildman–Crippen MR) is 104 cm³/mol. The van der Waals surface area contributed by atoms with E-state index in [2.05, 4.69) is 22.3 Å². The molecule has 7 heteroatoms. The molecule has 1 aromatic carbocycles. The molecule has 0 spiro atoms. The Morgan fingerprint density at radius 2 is 2.00 bits per heavy atom. The van der Waals surface area contributed by atoms with Gasteiger partial charge >= 0.3 is 0 Å². The van der Waals surface area contributed by atoms with Crippen molar-refractivity contribution < 1.29 is 13.2 Å². The number of hydrogen-bond donors (Lipinski definition) is 1. The second kappa shape index (κ2) is 9.48. The van der Waals surface area contributed by atoms with Gasteiger partial charge in [0.05, 0.1) is 17.7 Å². The van der Waals surface area contributed by atoms with Crippen LogP contribution in [0.1, 0.15) is 37.8 Å². The first kappa shape index (κ1) is 20.9. The summed E-state index contributed by atoms with van der Waals surface area (Å²) in [5.41, 5.74) is 1.15. The number of rotatable bonds is 8. The number of hydrogen-bond acceptors (Lipinski definition) is 4. The highest BCUT2D eigenvalue weighted by Gasteiger charge is 2.32. The van der Waals surface area contributed by atoms with Gasteiger partial charge in [0.15, 0.2) is 0 Å². The fourth-order valence-electron chi connectivity index (χ4n) is 3.41. The molecule has 1 N–H and O–H groups in total. The first-order chi connectivity index (χ1) is 12.3. The molecule has 1 fully saturated rings. The van der Waals surface area contributed by atoms with Crippen LogP contribution in [0.15, 0.2) is 30.3 Å². The number of carbonyl (C=O) groups excluding carboxylic acids is 1. The van der Waals surface area contributed by atoms with E-state index in [1.54, 1.807) is 0 Å². The molecule has 1 aromatic rings. The molecule has 6 nitrogen and oxygen atoms in total. The van der Waals surface area contributed by atoms with Crippen LogP contribution in [0.2, 0.25) is 0 Å². The van der Waals surface area contributed by atoms with Gasteiger partial charge in [-0.1, -0.05) is 37.3 Å². The zero-order valence-corrected chi connectivity index (χ0v) is 16.8. The Morgan fingerprint density at radius 3 is 2.62 bits per heavy atom. The van der Waals surface area contributed by atoms with Crippen LogP contribution >= 0.6 is 0 Å². The minimum Gasteiger partial charge on any atom is -0.354 e. The highest BCUT2D eigenvalue weighted by molar-refractivity contribution is 7.89. The van der Waals surface area contributed by atoms with Gasteiger partial charge in [0.1, 0.15) is 0 Å². The second-order valence-electron chi connectivity index (χ2n) is 7.15. The molecule has 0 bridgehead atoms. The van der Waals surface area contributed by atoms with Crippen LogP contribution in [0, 0.1) is 5.92 Å². The third-order valence-corrected chi connectivity index (χ3v) is 6.93. The van der Waals surface area contributed by atoms with Crippen LogP contribution in [0.25, 0.3) is 0 Å². The van der Waals surface area contributed by atoms with Gasteiger partial charge in [-0.15, -0.1) is 0 Å². The Bertz CT molecular complexity index is 677. The van der Waals surface area contributed by atoms with E-state index in [1.165, 1.54) is 4.31 Å². The SMILES string of the molecule is CCCS(=O)(=O)N1CCCC(C(=O)NCC(c2ccccc2)N(C)C)C1. The summed E-state index contributed by atoms with van der Waals surface area (Å²) < 4.78 is 26.1. The van der Waals surface area contributed by atoms with Gasteiger partial charge in [0.2, 0.25) is 15.9 Å². The van der Waals surface area contributed by atoms with Crippen molar-refractivity contribution in [2.75, 3.05) is 39.5 Å². The van der Waals surface area contributed by atoms with Crippen LogP contribution < -0.4 is 5.32 Å². The largest absolute Gasteiger partial charge is 0.354 e. The van der Waals surface area contributed by atoms with E-state index in [0.29, 0.717) is 26.1 Å². The molecule has 0 radical (unpaired) electrons. The standard InChI is InChI=1S/C19H31N3O3S/c1-4-13-26(24,25)22-12-8-11-17(15-22)19(23)20-14-18(21(2)3)16-9-6-5-7-10-16/h5-7,9-10,17-18H,4,8,11-15H2,1-3H3,(H,20,23). The lowest BCUT2D eigenvalue weighted by molar-refractivity contribution is -0.126. The molecule has 146 valence electrons. The number of nitrogens with zero attached hydrogens (tertiary/aromatic N) is 2. The van der Waals surface area contributed by atoms with Crippen LogP contribution in [-0.2, 0) is 14.8 Å². The molecule has 1 saturated heterocycles. The second-order valence-corrected chi connectivity index (χ2v) is 9.24. The first-order valence-electron chi connectivity index (χ1n) is 9.32. The van der Waals surface area contributed by atoms with Gasteiger partial charge in [-0.25, -0.2) is 12.7 Å². The number of likely N-dealkylation sites (N-methyl/N-ethyl adjacent to an activating group) is 1. The van der Waals surface area contributed by atoms with Gasteiger partial charge in [0.25, 0.3) is 0 Å². The summed E-state index contributed by atoms with van der Waals surface area (Å²) in [6.45, 7) is 3.19. The molecular weight excluding hydrogens is 350 g/mol. The number of nitrogens with one attached hydrogen (secondary N) is 1. The topological polar surface area (TPSA) is 69.7 Å². The maximum atomic E-state index is 12.6. The molecule has 2 rings (SSSR count). The van der Waals surface area contributed by atoms with Crippen molar-refractivity contribution >= 4 is 15.9 Å². The minimum atomic E-state index is -3.24. The third-order valence-electron chi connectivity index (χ3n) is 4.89. The van der Waals surface area contributed by atoms with Gasteiger partial charge < -0.3 is 10.2 Å².